The van der Waals surface area contributed by atoms with Crippen molar-refractivity contribution in [2.24, 2.45) is 0 Å². The molecule has 0 fully saturated rings. The van der Waals surface area contributed by atoms with Gasteiger partial charge in [0.05, 0.1) is 16.8 Å². The first-order valence-corrected chi connectivity index (χ1v) is 8.15. The first-order valence-electron chi connectivity index (χ1n) is 6.66. The number of anilines is 2. The zero-order valence-corrected chi connectivity index (χ0v) is 12.8. The van der Waals surface area contributed by atoms with E-state index in [1.54, 1.807) is 12.1 Å². The van der Waals surface area contributed by atoms with Crippen LogP contribution in [0, 0.1) is 6.92 Å². The van der Waals surface area contributed by atoms with Gasteiger partial charge in [0.1, 0.15) is 5.82 Å². The predicted octanol–water partition coefficient (Wildman–Crippen LogP) is 2.41. The molecule has 0 aliphatic heterocycles. The van der Waals surface area contributed by atoms with Crippen molar-refractivity contribution in [3.63, 3.8) is 0 Å². The Morgan fingerprint density at radius 2 is 2.00 bits per heavy atom. The molecule has 0 saturated heterocycles. The van der Waals surface area contributed by atoms with Crippen LogP contribution in [0.25, 0.3) is 0 Å². The summed E-state index contributed by atoms with van der Waals surface area (Å²) in [7, 11) is -3.64. The van der Waals surface area contributed by atoms with Gasteiger partial charge >= 0.3 is 0 Å². The van der Waals surface area contributed by atoms with Crippen LogP contribution in [-0.4, -0.2) is 24.9 Å². The number of rotatable bonds is 6. The highest BCUT2D eigenvalue weighted by molar-refractivity contribution is 7.92. The molecule has 0 aromatic carbocycles. The Balaban J connectivity index is 2.20. The highest BCUT2D eigenvalue weighted by atomic mass is 32.2. The minimum absolute atomic E-state index is 0.164. The second kappa shape index (κ2) is 6.53. The fourth-order valence-corrected chi connectivity index (χ4v) is 2.73. The lowest BCUT2D eigenvalue weighted by atomic mass is 10.4. The molecule has 0 bridgehead atoms. The summed E-state index contributed by atoms with van der Waals surface area (Å²) in [6, 6.07) is 6.40. The highest BCUT2D eigenvalue weighted by Crippen LogP contribution is 2.17. The van der Waals surface area contributed by atoms with Gasteiger partial charge in [0.25, 0.3) is 10.0 Å². The maximum atomic E-state index is 12.3. The van der Waals surface area contributed by atoms with Crippen LogP contribution in [0.4, 0.5) is 11.5 Å². The summed E-state index contributed by atoms with van der Waals surface area (Å²) in [4.78, 5) is 8.32. The summed E-state index contributed by atoms with van der Waals surface area (Å²) in [5.41, 5.74) is 1.26. The molecule has 0 spiro atoms. The van der Waals surface area contributed by atoms with Gasteiger partial charge in [-0.05, 0) is 31.5 Å². The van der Waals surface area contributed by atoms with Crippen LogP contribution >= 0.6 is 0 Å². The molecular weight excluding hydrogens is 288 g/mol. The van der Waals surface area contributed by atoms with Crippen LogP contribution < -0.4 is 10.0 Å². The maximum absolute atomic E-state index is 12.3. The van der Waals surface area contributed by atoms with E-state index >= 15 is 0 Å². The first-order chi connectivity index (χ1) is 10.0. The molecule has 0 aliphatic rings. The van der Waals surface area contributed by atoms with E-state index in [1.165, 1.54) is 24.5 Å². The number of nitrogens with one attached hydrogen (secondary N) is 2. The highest BCUT2D eigenvalue weighted by Gasteiger charge is 2.15. The average Bonchev–Trinajstić information content (AvgIpc) is 2.48. The van der Waals surface area contributed by atoms with Crippen molar-refractivity contribution < 1.29 is 8.42 Å². The van der Waals surface area contributed by atoms with Gasteiger partial charge in [0.2, 0.25) is 0 Å². The Morgan fingerprint density at radius 1 is 1.19 bits per heavy atom. The quantitative estimate of drug-likeness (QED) is 0.856. The minimum atomic E-state index is -3.64. The normalized spacial score (nSPS) is 11.1. The van der Waals surface area contributed by atoms with Gasteiger partial charge in [-0.3, -0.25) is 9.71 Å². The Labute approximate surface area is 124 Å². The van der Waals surface area contributed by atoms with Crippen molar-refractivity contribution in [1.82, 2.24) is 9.97 Å². The molecule has 0 saturated carbocycles. The van der Waals surface area contributed by atoms with Gasteiger partial charge in [-0.15, -0.1) is 0 Å². The van der Waals surface area contributed by atoms with Gasteiger partial charge in [-0.2, -0.15) is 0 Å². The van der Waals surface area contributed by atoms with E-state index in [2.05, 4.69) is 20.0 Å². The molecule has 112 valence electrons. The van der Waals surface area contributed by atoms with Gasteiger partial charge in [-0.1, -0.05) is 6.92 Å². The van der Waals surface area contributed by atoms with Crippen molar-refractivity contribution in [3.05, 3.63) is 42.4 Å². The molecule has 0 amide bonds. The molecule has 0 unspecified atom stereocenters. The van der Waals surface area contributed by atoms with Gasteiger partial charge in [0.15, 0.2) is 0 Å². The topological polar surface area (TPSA) is 84.0 Å². The first kappa shape index (κ1) is 15.2. The largest absolute Gasteiger partial charge is 0.370 e. The lowest BCUT2D eigenvalue weighted by molar-refractivity contribution is 0.601. The van der Waals surface area contributed by atoms with Gasteiger partial charge in [-0.25, -0.2) is 13.4 Å². The molecule has 0 radical (unpaired) electrons. The average molecular weight is 306 g/mol. The summed E-state index contributed by atoms with van der Waals surface area (Å²) in [6.45, 7) is 4.61. The van der Waals surface area contributed by atoms with E-state index in [0.717, 1.165) is 18.7 Å². The molecule has 2 N–H and O–H groups in total. The Bertz CT molecular complexity index is 699. The van der Waals surface area contributed by atoms with Crippen LogP contribution in [0.2, 0.25) is 0 Å². The fraction of sp³-hybridized carbons (Fsp3) is 0.286. The smallest absolute Gasteiger partial charge is 0.262 e. The Morgan fingerprint density at radius 3 is 2.67 bits per heavy atom. The minimum Gasteiger partial charge on any atom is -0.370 e. The fourth-order valence-electron chi connectivity index (χ4n) is 1.67. The SMILES string of the molecule is CCCNc1cc(S(=O)(=O)Nc2ccc(C)nc2)ccn1. The Kier molecular flexibility index (Phi) is 4.74. The van der Waals surface area contributed by atoms with E-state index in [1.807, 2.05) is 13.8 Å². The third-order valence-corrected chi connectivity index (χ3v) is 4.14. The zero-order chi connectivity index (χ0) is 15.3. The molecule has 7 heteroatoms. The van der Waals surface area contributed by atoms with Crippen LogP contribution in [0.5, 0.6) is 0 Å². The summed E-state index contributed by atoms with van der Waals surface area (Å²) in [6.07, 6.45) is 3.90. The third-order valence-electron chi connectivity index (χ3n) is 2.76. The number of sulfonamides is 1. The molecule has 2 rings (SSSR count). The molecule has 6 nitrogen and oxygen atoms in total. The molecule has 0 atom stereocenters. The number of aromatic nitrogens is 2. The van der Waals surface area contributed by atoms with Crippen molar-refractivity contribution in [2.75, 3.05) is 16.6 Å². The van der Waals surface area contributed by atoms with E-state index in [9.17, 15) is 8.42 Å². The number of hydrogen-bond acceptors (Lipinski definition) is 5. The van der Waals surface area contributed by atoms with E-state index in [0.29, 0.717) is 11.5 Å². The van der Waals surface area contributed by atoms with Crippen molar-refractivity contribution in [1.29, 1.82) is 0 Å². The van der Waals surface area contributed by atoms with E-state index in [4.69, 9.17) is 0 Å². The van der Waals surface area contributed by atoms with Crippen LogP contribution in [0.3, 0.4) is 0 Å². The molecule has 0 aliphatic carbocycles. The van der Waals surface area contributed by atoms with Gasteiger partial charge in [0, 0.05) is 24.5 Å². The van der Waals surface area contributed by atoms with Gasteiger partial charge < -0.3 is 5.32 Å². The summed E-state index contributed by atoms with van der Waals surface area (Å²) in [5, 5.41) is 3.06. The number of hydrogen-bond donors (Lipinski definition) is 2. The second-order valence-corrected chi connectivity index (χ2v) is 6.28. The zero-order valence-electron chi connectivity index (χ0n) is 12.0. The van der Waals surface area contributed by atoms with E-state index in [-0.39, 0.29) is 4.90 Å². The standard InChI is InChI=1S/C14H18N4O2S/c1-3-7-15-14-9-13(6-8-16-14)21(19,20)18-12-5-4-11(2)17-10-12/h4-6,8-10,18H,3,7H2,1-2H3,(H,15,16). The number of aryl methyl sites for hydroxylation is 1. The maximum Gasteiger partial charge on any atom is 0.262 e. The molecule has 2 aromatic heterocycles. The molecule has 2 aromatic rings. The monoisotopic (exact) mass is 306 g/mol. The molecule has 21 heavy (non-hydrogen) atoms. The molecular formula is C14H18N4O2S. The number of pyridine rings is 2. The predicted molar refractivity (Wildman–Crippen MR) is 82.8 cm³/mol. The third kappa shape index (κ3) is 4.16. The lowest BCUT2D eigenvalue weighted by Gasteiger charge is -2.09. The summed E-state index contributed by atoms with van der Waals surface area (Å²) < 4.78 is 27.1. The molecule has 2 heterocycles. The van der Waals surface area contributed by atoms with E-state index < -0.39 is 10.0 Å². The lowest BCUT2D eigenvalue weighted by Crippen LogP contribution is -2.14. The second-order valence-electron chi connectivity index (χ2n) is 4.60. The van der Waals surface area contributed by atoms with Crippen molar-refractivity contribution in [2.45, 2.75) is 25.2 Å². The van der Waals surface area contributed by atoms with Crippen molar-refractivity contribution >= 4 is 21.5 Å². The Hall–Kier alpha value is -2.15. The number of nitrogens with zero attached hydrogens (tertiary/aromatic N) is 2. The van der Waals surface area contributed by atoms with Crippen LogP contribution in [0.15, 0.2) is 41.6 Å². The van der Waals surface area contributed by atoms with Crippen LogP contribution in [-0.2, 0) is 10.0 Å². The summed E-state index contributed by atoms with van der Waals surface area (Å²) >= 11 is 0. The van der Waals surface area contributed by atoms with Crippen LogP contribution in [0.1, 0.15) is 19.0 Å². The van der Waals surface area contributed by atoms with Crippen molar-refractivity contribution in [3.8, 4) is 0 Å². The summed E-state index contributed by atoms with van der Waals surface area (Å²) in [5.74, 6) is 0.543.